The molecule has 0 aliphatic carbocycles. The zero-order valence-corrected chi connectivity index (χ0v) is 16.1. The summed E-state index contributed by atoms with van der Waals surface area (Å²) in [4.78, 5) is 15.9. The molecule has 0 unspecified atom stereocenters. The van der Waals surface area contributed by atoms with Gasteiger partial charge in [-0.25, -0.2) is 9.78 Å². The van der Waals surface area contributed by atoms with Crippen molar-refractivity contribution in [2.45, 2.75) is 19.6 Å². The molecule has 0 amide bonds. The number of carboxylic acid groups (broad SMARTS) is 1. The average Bonchev–Trinajstić information content (AvgIpc) is 3.05. The van der Waals surface area contributed by atoms with Gasteiger partial charge in [-0.15, -0.1) is 11.3 Å². The predicted molar refractivity (Wildman–Crippen MR) is 104 cm³/mol. The topological polar surface area (TPSA) is 71.5 Å². The van der Waals surface area contributed by atoms with Crippen LogP contribution >= 0.6 is 11.3 Å². The van der Waals surface area contributed by atoms with Crippen molar-refractivity contribution < 1.29 is 27.8 Å². The summed E-state index contributed by atoms with van der Waals surface area (Å²) >= 11 is 1.41. The van der Waals surface area contributed by atoms with Gasteiger partial charge in [-0.2, -0.15) is 13.2 Å². The van der Waals surface area contributed by atoms with Gasteiger partial charge in [0.25, 0.3) is 0 Å². The van der Waals surface area contributed by atoms with Crippen molar-refractivity contribution in [3.05, 3.63) is 64.7 Å². The third-order valence-corrected chi connectivity index (χ3v) is 5.23. The number of benzene rings is 2. The minimum Gasteiger partial charge on any atom is -0.482 e. The molecule has 2 aromatic carbocycles. The Morgan fingerprint density at radius 3 is 2.38 bits per heavy atom. The lowest BCUT2D eigenvalue weighted by Crippen LogP contribution is -2.09. The van der Waals surface area contributed by atoms with Gasteiger partial charge in [-0.3, -0.25) is 0 Å². The van der Waals surface area contributed by atoms with Crippen LogP contribution in [0, 0.1) is 6.92 Å². The highest BCUT2D eigenvalue weighted by atomic mass is 32.1. The van der Waals surface area contributed by atoms with Crippen molar-refractivity contribution in [1.29, 1.82) is 0 Å². The first-order chi connectivity index (χ1) is 13.7. The fourth-order valence-electron chi connectivity index (χ4n) is 2.51. The number of aromatic nitrogens is 1. The number of rotatable bonds is 7. The van der Waals surface area contributed by atoms with Crippen molar-refractivity contribution in [3.8, 4) is 16.3 Å². The van der Waals surface area contributed by atoms with E-state index < -0.39 is 24.3 Å². The van der Waals surface area contributed by atoms with Crippen LogP contribution in [0.15, 0.2) is 48.5 Å². The number of nitrogens with one attached hydrogen (secondary N) is 1. The molecule has 0 spiro atoms. The SMILES string of the molecule is Cc1nc(-c2ccc(C(F)(F)F)cc2)sc1CNc1ccc(OCC(=O)O)cc1. The summed E-state index contributed by atoms with van der Waals surface area (Å²) in [5.41, 5.74) is 1.57. The number of anilines is 1. The number of aliphatic carboxylic acids is 1. The number of hydrogen-bond acceptors (Lipinski definition) is 5. The van der Waals surface area contributed by atoms with Crippen LogP contribution in [0.2, 0.25) is 0 Å². The zero-order valence-electron chi connectivity index (χ0n) is 15.3. The van der Waals surface area contributed by atoms with Crippen molar-refractivity contribution in [2.24, 2.45) is 0 Å². The Balaban J connectivity index is 1.64. The van der Waals surface area contributed by atoms with Gasteiger partial charge in [0.2, 0.25) is 0 Å². The Morgan fingerprint density at radius 1 is 1.14 bits per heavy atom. The number of carboxylic acids is 1. The molecule has 3 aromatic rings. The molecule has 9 heteroatoms. The minimum absolute atomic E-state index is 0.403. The molecular weight excluding hydrogens is 405 g/mol. The lowest BCUT2D eigenvalue weighted by atomic mass is 10.1. The molecule has 29 heavy (non-hydrogen) atoms. The maximum Gasteiger partial charge on any atom is 0.416 e. The number of halogens is 3. The maximum atomic E-state index is 12.7. The number of alkyl halides is 3. The number of carbonyl (C=O) groups is 1. The van der Waals surface area contributed by atoms with Crippen LogP contribution < -0.4 is 10.1 Å². The molecule has 0 aliphatic heterocycles. The van der Waals surface area contributed by atoms with E-state index in [4.69, 9.17) is 9.84 Å². The summed E-state index contributed by atoms with van der Waals surface area (Å²) in [6.07, 6.45) is -4.36. The molecule has 152 valence electrons. The Labute approximate surface area is 168 Å². The molecule has 0 radical (unpaired) electrons. The largest absolute Gasteiger partial charge is 0.482 e. The van der Waals surface area contributed by atoms with Gasteiger partial charge in [-0.1, -0.05) is 12.1 Å². The van der Waals surface area contributed by atoms with E-state index in [1.165, 1.54) is 23.5 Å². The van der Waals surface area contributed by atoms with Crippen LogP contribution in [-0.2, 0) is 17.5 Å². The number of nitrogens with zero attached hydrogens (tertiary/aromatic N) is 1. The number of aryl methyl sites for hydroxylation is 1. The molecule has 2 N–H and O–H groups in total. The van der Waals surface area contributed by atoms with Gasteiger partial charge in [0, 0.05) is 16.1 Å². The van der Waals surface area contributed by atoms with Gasteiger partial charge in [0.1, 0.15) is 10.8 Å². The zero-order chi connectivity index (χ0) is 21.0. The fraction of sp³-hybridized carbons (Fsp3) is 0.200. The van der Waals surface area contributed by atoms with Crippen LogP contribution in [0.5, 0.6) is 5.75 Å². The van der Waals surface area contributed by atoms with Crippen LogP contribution in [-0.4, -0.2) is 22.7 Å². The minimum atomic E-state index is -4.36. The molecule has 0 bridgehead atoms. The number of hydrogen-bond donors (Lipinski definition) is 2. The second-order valence-electron chi connectivity index (χ2n) is 6.16. The Kier molecular flexibility index (Phi) is 6.07. The van der Waals surface area contributed by atoms with E-state index in [9.17, 15) is 18.0 Å². The first-order valence-electron chi connectivity index (χ1n) is 8.55. The lowest BCUT2D eigenvalue weighted by Gasteiger charge is -2.07. The highest BCUT2D eigenvalue weighted by molar-refractivity contribution is 7.15. The number of ether oxygens (including phenoxy) is 1. The fourth-order valence-corrected chi connectivity index (χ4v) is 3.52. The van der Waals surface area contributed by atoms with E-state index >= 15 is 0 Å². The number of thiazole rings is 1. The summed E-state index contributed by atoms with van der Waals surface area (Å²) in [5.74, 6) is -0.590. The Morgan fingerprint density at radius 2 is 1.79 bits per heavy atom. The lowest BCUT2D eigenvalue weighted by molar-refractivity contribution is -0.139. The van der Waals surface area contributed by atoms with Gasteiger partial charge in [0.05, 0.1) is 17.8 Å². The van der Waals surface area contributed by atoms with E-state index in [0.717, 1.165) is 28.4 Å². The second kappa shape index (κ2) is 8.52. The van der Waals surface area contributed by atoms with Gasteiger partial charge in [-0.05, 0) is 43.3 Å². The van der Waals surface area contributed by atoms with Crippen molar-refractivity contribution >= 4 is 23.0 Å². The van der Waals surface area contributed by atoms with E-state index in [1.54, 1.807) is 24.3 Å². The van der Waals surface area contributed by atoms with Crippen LogP contribution in [0.3, 0.4) is 0 Å². The van der Waals surface area contributed by atoms with Crippen molar-refractivity contribution in [1.82, 2.24) is 4.98 Å². The Hall–Kier alpha value is -3.07. The standard InChI is InChI=1S/C20H17F3N2O3S/c1-12-17(10-24-15-6-8-16(9-7-15)28-11-18(26)27)29-19(25-12)13-2-4-14(5-3-13)20(21,22)23/h2-9,24H,10-11H2,1H3,(H,26,27). The normalized spacial score (nSPS) is 11.3. The molecule has 5 nitrogen and oxygen atoms in total. The molecular formula is C20H17F3N2O3S. The average molecular weight is 422 g/mol. The summed E-state index contributed by atoms with van der Waals surface area (Å²) in [6.45, 7) is 1.95. The quantitative estimate of drug-likeness (QED) is 0.547. The molecule has 3 rings (SSSR count). The van der Waals surface area contributed by atoms with Gasteiger partial charge < -0.3 is 15.2 Å². The molecule has 1 heterocycles. The maximum absolute atomic E-state index is 12.7. The summed E-state index contributed by atoms with van der Waals surface area (Å²) in [5, 5.41) is 12.5. The van der Waals surface area contributed by atoms with Crippen LogP contribution in [0.4, 0.5) is 18.9 Å². The van der Waals surface area contributed by atoms with Crippen molar-refractivity contribution in [3.63, 3.8) is 0 Å². The molecule has 1 aromatic heterocycles. The Bertz CT molecular complexity index is 984. The van der Waals surface area contributed by atoms with Gasteiger partial charge in [0.15, 0.2) is 6.61 Å². The summed E-state index contributed by atoms with van der Waals surface area (Å²) in [6, 6.07) is 11.8. The highest BCUT2D eigenvalue weighted by Gasteiger charge is 2.30. The van der Waals surface area contributed by atoms with Crippen LogP contribution in [0.25, 0.3) is 10.6 Å². The monoisotopic (exact) mass is 422 g/mol. The van der Waals surface area contributed by atoms with E-state index in [-0.39, 0.29) is 0 Å². The highest BCUT2D eigenvalue weighted by Crippen LogP contribution is 2.33. The third kappa shape index (κ3) is 5.47. The summed E-state index contributed by atoms with van der Waals surface area (Å²) < 4.78 is 43.2. The first kappa shape index (κ1) is 20.7. The van der Waals surface area contributed by atoms with E-state index in [1.807, 2.05) is 6.92 Å². The second-order valence-corrected chi connectivity index (χ2v) is 7.25. The van der Waals surface area contributed by atoms with Crippen LogP contribution in [0.1, 0.15) is 16.1 Å². The molecule has 0 atom stereocenters. The van der Waals surface area contributed by atoms with E-state index in [0.29, 0.717) is 22.9 Å². The molecule has 0 fully saturated rings. The first-order valence-corrected chi connectivity index (χ1v) is 9.36. The third-order valence-electron chi connectivity index (χ3n) is 4.02. The molecule has 0 saturated heterocycles. The molecule has 0 saturated carbocycles. The molecule has 0 aliphatic rings. The summed E-state index contributed by atoms with van der Waals surface area (Å²) in [7, 11) is 0. The smallest absolute Gasteiger partial charge is 0.416 e. The van der Waals surface area contributed by atoms with E-state index in [2.05, 4.69) is 10.3 Å². The van der Waals surface area contributed by atoms with Gasteiger partial charge >= 0.3 is 12.1 Å². The predicted octanol–water partition coefficient (Wildman–Crippen LogP) is 5.21. The van der Waals surface area contributed by atoms with Crippen molar-refractivity contribution in [2.75, 3.05) is 11.9 Å².